The molecule has 1 aromatic carbocycles. The lowest BCUT2D eigenvalue weighted by Gasteiger charge is -2.44. The van der Waals surface area contributed by atoms with Crippen LogP contribution in [0.3, 0.4) is 0 Å². The summed E-state index contributed by atoms with van der Waals surface area (Å²) in [7, 11) is 0. The maximum Gasteiger partial charge on any atom is 0.416 e. The summed E-state index contributed by atoms with van der Waals surface area (Å²) < 4.78 is 38.9. The van der Waals surface area contributed by atoms with E-state index in [0.29, 0.717) is 31.2 Å². The number of anilines is 1. The number of rotatable bonds is 5. The normalized spacial score (nSPS) is 21.8. The second-order valence-corrected chi connectivity index (χ2v) is 8.44. The van der Waals surface area contributed by atoms with Gasteiger partial charge in [0.15, 0.2) is 0 Å². The molecule has 2 aliphatic rings. The summed E-state index contributed by atoms with van der Waals surface area (Å²) >= 11 is 1.69. The maximum absolute atomic E-state index is 13.0. The number of hydrogen-bond donors (Lipinski definition) is 0. The zero-order valence-electron chi connectivity index (χ0n) is 16.2. The lowest BCUT2D eigenvalue weighted by molar-refractivity contribution is -0.137. The number of carbonyl (C=O) groups excluding carboxylic acids is 1. The van der Waals surface area contributed by atoms with E-state index in [2.05, 4.69) is 4.90 Å². The molecule has 4 nitrogen and oxygen atoms in total. The van der Waals surface area contributed by atoms with Crippen molar-refractivity contribution in [2.45, 2.75) is 31.5 Å². The molecule has 0 aliphatic carbocycles. The molecule has 2 heterocycles. The highest BCUT2D eigenvalue weighted by Gasteiger charge is 2.32. The zero-order valence-corrected chi connectivity index (χ0v) is 17.1. The third-order valence-corrected chi connectivity index (χ3v) is 6.25. The Balaban J connectivity index is 1.54. The SMILES string of the molecule is CSCCC(=O)N1CCC[C@H](N2CCN(c3cccc(C(F)(F)F)c3)CC2)C1. The molecular formula is C20H28F3N3OS. The predicted octanol–water partition coefficient (Wildman–Crippen LogP) is 3.57. The largest absolute Gasteiger partial charge is 0.416 e. The number of nitrogens with zero attached hydrogens (tertiary/aromatic N) is 3. The first-order valence-corrected chi connectivity index (χ1v) is 11.2. The molecule has 28 heavy (non-hydrogen) atoms. The van der Waals surface area contributed by atoms with Gasteiger partial charge in [0.05, 0.1) is 5.56 Å². The van der Waals surface area contributed by atoms with Crippen molar-refractivity contribution in [1.82, 2.24) is 9.80 Å². The van der Waals surface area contributed by atoms with Crippen molar-refractivity contribution >= 4 is 23.4 Å². The van der Waals surface area contributed by atoms with E-state index in [4.69, 9.17) is 0 Å². The minimum Gasteiger partial charge on any atom is -0.369 e. The summed E-state index contributed by atoms with van der Waals surface area (Å²) in [6.07, 6.45) is 0.388. The van der Waals surface area contributed by atoms with Crippen molar-refractivity contribution in [1.29, 1.82) is 0 Å². The third kappa shape index (κ3) is 5.35. The van der Waals surface area contributed by atoms with Gasteiger partial charge in [-0.25, -0.2) is 0 Å². The van der Waals surface area contributed by atoms with E-state index >= 15 is 0 Å². The van der Waals surface area contributed by atoms with Crippen LogP contribution in [0, 0.1) is 0 Å². The molecule has 0 saturated carbocycles. The first kappa shape index (κ1) is 21.3. The van der Waals surface area contributed by atoms with Gasteiger partial charge in [-0.15, -0.1) is 0 Å². The van der Waals surface area contributed by atoms with Gasteiger partial charge in [-0.3, -0.25) is 9.69 Å². The van der Waals surface area contributed by atoms with Gasteiger partial charge in [-0.05, 0) is 37.3 Å². The first-order chi connectivity index (χ1) is 13.4. The van der Waals surface area contributed by atoms with Gasteiger partial charge >= 0.3 is 6.18 Å². The Morgan fingerprint density at radius 2 is 1.93 bits per heavy atom. The van der Waals surface area contributed by atoms with Gasteiger partial charge < -0.3 is 9.80 Å². The zero-order chi connectivity index (χ0) is 20.1. The lowest BCUT2D eigenvalue weighted by atomic mass is 10.0. The molecule has 1 atom stereocenters. The molecule has 0 spiro atoms. The fourth-order valence-electron chi connectivity index (χ4n) is 4.05. The fourth-order valence-corrected chi connectivity index (χ4v) is 4.43. The fraction of sp³-hybridized carbons (Fsp3) is 0.650. The molecule has 0 radical (unpaired) electrons. The van der Waals surface area contributed by atoms with Crippen LogP contribution in [0.25, 0.3) is 0 Å². The monoisotopic (exact) mass is 415 g/mol. The number of likely N-dealkylation sites (tertiary alicyclic amines) is 1. The Kier molecular flexibility index (Phi) is 7.15. The quantitative estimate of drug-likeness (QED) is 0.735. The first-order valence-electron chi connectivity index (χ1n) is 9.81. The van der Waals surface area contributed by atoms with Crippen molar-refractivity contribution in [2.24, 2.45) is 0 Å². The minimum atomic E-state index is -4.31. The van der Waals surface area contributed by atoms with Crippen LogP contribution in [0.4, 0.5) is 18.9 Å². The summed E-state index contributed by atoms with van der Waals surface area (Å²) in [6.45, 7) is 4.66. The van der Waals surface area contributed by atoms with Gasteiger partial charge in [0.2, 0.25) is 5.91 Å². The van der Waals surface area contributed by atoms with E-state index < -0.39 is 11.7 Å². The Hall–Kier alpha value is -1.41. The van der Waals surface area contributed by atoms with E-state index in [1.807, 2.05) is 16.1 Å². The van der Waals surface area contributed by atoms with Gasteiger partial charge in [-0.2, -0.15) is 24.9 Å². The van der Waals surface area contributed by atoms with Crippen molar-refractivity contribution in [3.63, 3.8) is 0 Å². The lowest BCUT2D eigenvalue weighted by Crippen LogP contribution is -2.56. The number of piperidine rings is 1. The highest BCUT2D eigenvalue weighted by atomic mass is 32.2. The molecule has 0 N–H and O–H groups in total. The number of hydrogen-bond acceptors (Lipinski definition) is 4. The summed E-state index contributed by atoms with van der Waals surface area (Å²) in [4.78, 5) is 18.7. The summed E-state index contributed by atoms with van der Waals surface area (Å²) in [5, 5.41) is 0. The van der Waals surface area contributed by atoms with E-state index in [0.717, 1.165) is 50.8 Å². The molecule has 1 aromatic rings. The van der Waals surface area contributed by atoms with Crippen molar-refractivity contribution in [3.8, 4) is 0 Å². The number of carbonyl (C=O) groups is 1. The Labute approximate surface area is 169 Å². The smallest absolute Gasteiger partial charge is 0.369 e. The summed E-state index contributed by atoms with van der Waals surface area (Å²) in [5.41, 5.74) is 0.0334. The predicted molar refractivity (Wildman–Crippen MR) is 108 cm³/mol. The molecule has 3 rings (SSSR count). The van der Waals surface area contributed by atoms with E-state index in [-0.39, 0.29) is 5.91 Å². The van der Waals surface area contributed by atoms with Gasteiger partial charge in [0.25, 0.3) is 0 Å². The van der Waals surface area contributed by atoms with Crippen LogP contribution in [-0.4, -0.2) is 73.0 Å². The molecule has 2 fully saturated rings. The average Bonchev–Trinajstić information content (AvgIpc) is 2.71. The number of halogens is 3. The van der Waals surface area contributed by atoms with Crippen LogP contribution in [0.15, 0.2) is 24.3 Å². The summed E-state index contributed by atoms with van der Waals surface area (Å²) in [6, 6.07) is 5.93. The molecule has 2 aliphatic heterocycles. The number of thioether (sulfide) groups is 1. The molecule has 0 unspecified atom stereocenters. The molecule has 156 valence electrons. The van der Waals surface area contributed by atoms with Crippen molar-refractivity contribution in [3.05, 3.63) is 29.8 Å². The Bertz CT molecular complexity index is 662. The minimum absolute atomic E-state index is 0.238. The van der Waals surface area contributed by atoms with Crippen LogP contribution >= 0.6 is 11.8 Å². The number of alkyl halides is 3. The van der Waals surface area contributed by atoms with E-state index in [1.54, 1.807) is 17.8 Å². The number of amides is 1. The third-order valence-electron chi connectivity index (χ3n) is 5.64. The van der Waals surface area contributed by atoms with Crippen LogP contribution in [-0.2, 0) is 11.0 Å². The van der Waals surface area contributed by atoms with Gasteiger partial charge in [0.1, 0.15) is 0 Å². The molecule has 2 saturated heterocycles. The number of piperazine rings is 1. The van der Waals surface area contributed by atoms with Crippen molar-refractivity contribution < 1.29 is 18.0 Å². The van der Waals surface area contributed by atoms with Gasteiger partial charge in [-0.1, -0.05) is 6.07 Å². The molecule has 8 heteroatoms. The average molecular weight is 416 g/mol. The maximum atomic E-state index is 13.0. The molecular weight excluding hydrogens is 387 g/mol. The molecule has 0 aromatic heterocycles. The highest BCUT2D eigenvalue weighted by Crippen LogP contribution is 2.32. The standard InChI is InChI=1S/C20H28F3N3OS/c1-28-13-7-19(27)26-8-3-6-18(15-26)25-11-9-24(10-12-25)17-5-2-4-16(14-17)20(21,22)23/h2,4-5,14,18H,3,6-13,15H2,1H3/t18-/m0/s1. The molecule has 1 amide bonds. The summed E-state index contributed by atoms with van der Waals surface area (Å²) in [5.74, 6) is 1.09. The second kappa shape index (κ2) is 9.39. The van der Waals surface area contributed by atoms with Crippen LogP contribution in [0.5, 0.6) is 0 Å². The van der Waals surface area contributed by atoms with Crippen LogP contribution in [0.2, 0.25) is 0 Å². The highest BCUT2D eigenvalue weighted by molar-refractivity contribution is 7.98. The van der Waals surface area contributed by atoms with E-state index in [9.17, 15) is 18.0 Å². The van der Waals surface area contributed by atoms with Crippen LogP contribution in [0.1, 0.15) is 24.8 Å². The second-order valence-electron chi connectivity index (χ2n) is 7.45. The van der Waals surface area contributed by atoms with Gasteiger partial charge in [0, 0.05) is 63.2 Å². The number of benzene rings is 1. The Morgan fingerprint density at radius 3 is 2.61 bits per heavy atom. The van der Waals surface area contributed by atoms with E-state index in [1.165, 1.54) is 12.1 Å². The Morgan fingerprint density at radius 1 is 1.18 bits per heavy atom. The van der Waals surface area contributed by atoms with Crippen LogP contribution < -0.4 is 4.90 Å². The van der Waals surface area contributed by atoms with Crippen molar-refractivity contribution in [2.75, 3.05) is 56.2 Å². The topological polar surface area (TPSA) is 26.8 Å². The molecule has 0 bridgehead atoms.